The van der Waals surface area contributed by atoms with Crippen LogP contribution in [0.5, 0.6) is 0 Å². The van der Waals surface area contributed by atoms with E-state index in [0.29, 0.717) is 0 Å². The van der Waals surface area contributed by atoms with E-state index in [1.54, 1.807) is 0 Å². The fraction of sp³-hybridized carbons (Fsp3) is 0.189. The van der Waals surface area contributed by atoms with Gasteiger partial charge in [0.25, 0.3) is 0 Å². The molecule has 3 heteroatoms. The Hall–Kier alpha value is -8.40. The second kappa shape index (κ2) is 19.3. The Morgan fingerprint density at radius 2 is 0.532 bits per heavy atom. The Morgan fingerprint density at radius 1 is 0.260 bits per heavy atom. The molecule has 0 aliphatic heterocycles. The van der Waals surface area contributed by atoms with E-state index in [1.165, 1.54) is 146 Å². The summed E-state index contributed by atoms with van der Waals surface area (Å²) in [4.78, 5) is 7.61. The normalized spacial score (nSPS) is 15.7. The number of nitrogens with zero attached hydrogens (tertiary/aromatic N) is 3. The minimum atomic E-state index is -0.707. The third-order valence-electron chi connectivity index (χ3n) is 17.1. The van der Waals surface area contributed by atoms with Crippen LogP contribution in [-0.2, 0) is 5.41 Å². The number of hydrogen-bond donors (Lipinski definition) is 0. The minimum Gasteiger partial charge on any atom is -0.314 e. The molecule has 0 heterocycles. The van der Waals surface area contributed by atoms with Gasteiger partial charge in [-0.1, -0.05) is 148 Å². The predicted molar refractivity (Wildman–Crippen MR) is 326 cm³/mol. The van der Waals surface area contributed by atoms with Gasteiger partial charge in [-0.3, -0.25) is 0 Å². The molecule has 0 saturated carbocycles. The summed E-state index contributed by atoms with van der Waals surface area (Å²) in [7, 11) is 0. The number of anilines is 6. The third kappa shape index (κ3) is 8.44. The van der Waals surface area contributed by atoms with Gasteiger partial charge in [0, 0.05) is 51.2 Å². The molecule has 8 aromatic rings. The van der Waals surface area contributed by atoms with Crippen LogP contribution in [-0.4, -0.2) is 0 Å². The lowest BCUT2D eigenvalue weighted by Crippen LogP contribution is -2.28. The Morgan fingerprint density at radius 3 is 0.844 bits per heavy atom. The molecule has 0 bridgehead atoms. The summed E-state index contributed by atoms with van der Waals surface area (Å²) >= 11 is 0. The molecule has 8 aromatic carbocycles. The SMILES string of the molecule is CC1=CC=C(N(c2ccc(C)cc2)c2ccc3c(c2)C2(c4cc(-c5ccc(C)cc5)ccc4-3)c3cc(N(C4=CC=C(C)CC4)c4ccc(C)cc4)ccc3-c3ccc(N(C4=CC=C(C)CC4)c4ccc(C)cc4)cc32)CC1. The van der Waals surface area contributed by atoms with Crippen molar-refractivity contribution in [2.24, 2.45) is 0 Å². The molecule has 0 saturated heterocycles. The number of hydrogen-bond acceptors (Lipinski definition) is 3. The maximum atomic E-state index is 2.58. The van der Waals surface area contributed by atoms with Crippen LogP contribution in [0, 0.1) is 27.7 Å². The van der Waals surface area contributed by atoms with Gasteiger partial charge >= 0.3 is 0 Å². The lowest BCUT2D eigenvalue weighted by molar-refractivity contribution is 0.791. The Kier molecular flexibility index (Phi) is 12.1. The van der Waals surface area contributed by atoms with E-state index >= 15 is 0 Å². The first kappa shape index (κ1) is 48.3. The average molecular weight is 998 g/mol. The van der Waals surface area contributed by atoms with E-state index in [9.17, 15) is 0 Å². The second-order valence-electron chi connectivity index (χ2n) is 22.6. The summed E-state index contributed by atoms with van der Waals surface area (Å²) in [5.74, 6) is 0. The summed E-state index contributed by atoms with van der Waals surface area (Å²) in [6.07, 6.45) is 20.0. The van der Waals surface area contributed by atoms with E-state index < -0.39 is 5.41 Å². The molecule has 1 spiro atoms. The van der Waals surface area contributed by atoms with Gasteiger partial charge in [-0.2, -0.15) is 0 Å². The molecule has 0 N–H and O–H groups in total. The molecule has 0 radical (unpaired) electrons. The summed E-state index contributed by atoms with van der Waals surface area (Å²) in [5, 5.41) is 0. The molecule has 77 heavy (non-hydrogen) atoms. The van der Waals surface area contributed by atoms with Crippen molar-refractivity contribution in [1.29, 1.82) is 0 Å². The fourth-order valence-electron chi connectivity index (χ4n) is 12.8. The largest absolute Gasteiger partial charge is 0.314 e. The zero-order valence-electron chi connectivity index (χ0n) is 45.7. The monoisotopic (exact) mass is 998 g/mol. The summed E-state index contributed by atoms with van der Waals surface area (Å²) < 4.78 is 0. The molecule has 0 amide bonds. The van der Waals surface area contributed by atoms with Crippen molar-refractivity contribution in [3.05, 3.63) is 285 Å². The molecular weight excluding hydrogens is 931 g/mol. The van der Waals surface area contributed by atoms with Gasteiger partial charge in [0.1, 0.15) is 0 Å². The quantitative estimate of drug-likeness (QED) is 0.135. The van der Waals surface area contributed by atoms with Gasteiger partial charge in [0.2, 0.25) is 0 Å². The van der Waals surface area contributed by atoms with Crippen LogP contribution in [0.25, 0.3) is 33.4 Å². The smallest absolute Gasteiger partial charge is 0.0728 e. The van der Waals surface area contributed by atoms with Gasteiger partial charge in [-0.25, -0.2) is 0 Å². The number of rotatable bonds is 10. The molecule has 5 aliphatic carbocycles. The van der Waals surface area contributed by atoms with E-state index in [1.807, 2.05) is 0 Å². The summed E-state index contributed by atoms with van der Waals surface area (Å²) in [6.45, 7) is 15.5. The van der Waals surface area contributed by atoms with Gasteiger partial charge < -0.3 is 14.7 Å². The Bertz CT molecular complexity index is 3580. The molecule has 3 nitrogen and oxygen atoms in total. The molecular formula is C74H67N3. The zero-order chi connectivity index (χ0) is 52.5. The van der Waals surface area contributed by atoms with Gasteiger partial charge in [-0.15, -0.1) is 0 Å². The average Bonchev–Trinajstić information content (AvgIpc) is 4.15. The summed E-state index contributed by atoms with van der Waals surface area (Å²) in [6, 6.07) is 66.1. The van der Waals surface area contributed by atoms with E-state index in [4.69, 9.17) is 0 Å². The van der Waals surface area contributed by atoms with Crippen molar-refractivity contribution in [1.82, 2.24) is 0 Å². The molecule has 0 aromatic heterocycles. The molecule has 0 unspecified atom stereocenters. The summed E-state index contributed by atoms with van der Waals surface area (Å²) in [5.41, 5.74) is 32.4. The highest BCUT2D eigenvalue weighted by Crippen LogP contribution is 2.65. The first-order valence-electron chi connectivity index (χ1n) is 27.9. The van der Waals surface area contributed by atoms with E-state index in [-0.39, 0.29) is 0 Å². The Labute approximate surface area is 456 Å². The molecule has 378 valence electrons. The number of aryl methyl sites for hydroxylation is 4. The highest BCUT2D eigenvalue weighted by Gasteiger charge is 2.53. The minimum absolute atomic E-state index is 0.707. The van der Waals surface area contributed by atoms with Crippen LogP contribution in [0.3, 0.4) is 0 Å². The zero-order valence-corrected chi connectivity index (χ0v) is 45.7. The lowest BCUT2D eigenvalue weighted by Gasteiger charge is -2.35. The lowest BCUT2D eigenvalue weighted by atomic mass is 9.70. The van der Waals surface area contributed by atoms with Crippen molar-refractivity contribution in [2.75, 3.05) is 14.7 Å². The first-order chi connectivity index (χ1) is 37.5. The maximum absolute atomic E-state index is 2.58. The van der Waals surface area contributed by atoms with Crippen LogP contribution in [0.1, 0.15) is 104 Å². The maximum Gasteiger partial charge on any atom is 0.0728 e. The van der Waals surface area contributed by atoms with Crippen LogP contribution >= 0.6 is 0 Å². The second-order valence-corrected chi connectivity index (χ2v) is 22.6. The number of benzene rings is 8. The highest BCUT2D eigenvalue weighted by molar-refractivity contribution is 5.99. The topological polar surface area (TPSA) is 9.72 Å². The molecule has 13 rings (SSSR count). The van der Waals surface area contributed by atoms with Gasteiger partial charge in [0.15, 0.2) is 0 Å². The van der Waals surface area contributed by atoms with Crippen LogP contribution in [0.15, 0.2) is 240 Å². The fourth-order valence-corrected chi connectivity index (χ4v) is 12.8. The first-order valence-corrected chi connectivity index (χ1v) is 27.9. The number of fused-ring (bicyclic) bond motifs is 10. The molecule has 0 atom stereocenters. The van der Waals surface area contributed by atoms with Crippen molar-refractivity contribution < 1.29 is 0 Å². The Balaban J connectivity index is 1.13. The van der Waals surface area contributed by atoms with Gasteiger partial charge in [-0.05, 0) is 240 Å². The highest BCUT2D eigenvalue weighted by atomic mass is 15.2. The predicted octanol–water partition coefficient (Wildman–Crippen LogP) is 20.2. The van der Waals surface area contributed by atoms with E-state index in [0.717, 1.165) is 38.5 Å². The van der Waals surface area contributed by atoms with Crippen molar-refractivity contribution in [3.8, 4) is 33.4 Å². The van der Waals surface area contributed by atoms with Crippen LogP contribution in [0.2, 0.25) is 0 Å². The van der Waals surface area contributed by atoms with Crippen molar-refractivity contribution in [2.45, 2.75) is 92.4 Å². The van der Waals surface area contributed by atoms with Crippen molar-refractivity contribution >= 4 is 34.1 Å². The van der Waals surface area contributed by atoms with Crippen molar-refractivity contribution in [3.63, 3.8) is 0 Å². The standard InChI is InChI=1S/C74H67N3/c1-48-8-22-55(23-9-48)56-24-40-66-67-41-37-63(75(57-25-10-49(2)11-26-57)58-27-12-50(3)13-28-58)45-71(67)74(70(66)44-56)72-46-64(76(59-29-14-51(4)15-30-59)60-31-16-52(5)17-32-60)38-42-68(72)69-43-39-65(47-73(69)74)77(61-33-18-53(6)19-34-61)62-35-20-54(7)21-36-62/h8-12,14-16,18-20,22-27,29-31,33-35,37-47H,13,17,21,28,32,36H2,1-7H3. The van der Waals surface area contributed by atoms with E-state index in [2.05, 4.69) is 269 Å². The number of allylic oxidation sites excluding steroid dienone is 12. The third-order valence-corrected chi connectivity index (χ3v) is 17.1. The van der Waals surface area contributed by atoms with Gasteiger partial charge in [0.05, 0.1) is 5.41 Å². The van der Waals surface area contributed by atoms with Crippen LogP contribution in [0.4, 0.5) is 34.1 Å². The molecule has 5 aliphatic rings. The van der Waals surface area contributed by atoms with Crippen LogP contribution < -0.4 is 14.7 Å². The molecule has 0 fully saturated rings.